The normalized spacial score (nSPS) is 19.8. The summed E-state index contributed by atoms with van der Waals surface area (Å²) in [6.45, 7) is 10.7. The predicted molar refractivity (Wildman–Crippen MR) is 146 cm³/mol. The van der Waals surface area contributed by atoms with E-state index in [2.05, 4.69) is 81.1 Å². The third-order valence-electron chi connectivity index (χ3n) is 7.81. The van der Waals surface area contributed by atoms with Gasteiger partial charge in [-0.3, -0.25) is 0 Å². The molecule has 0 nitrogen and oxygen atoms in total. The van der Waals surface area contributed by atoms with Crippen LogP contribution in [0.1, 0.15) is 67.3 Å². The van der Waals surface area contributed by atoms with E-state index in [4.69, 9.17) is 0 Å². The summed E-state index contributed by atoms with van der Waals surface area (Å²) in [5.41, 5.74) is 8.08. The van der Waals surface area contributed by atoms with E-state index in [1.807, 2.05) is 13.8 Å². The molecule has 0 N–H and O–H groups in total. The van der Waals surface area contributed by atoms with Gasteiger partial charge in [-0.05, 0) is 116 Å². The molecule has 3 unspecified atom stereocenters. The van der Waals surface area contributed by atoms with Crippen LogP contribution >= 0.6 is 11.8 Å². The summed E-state index contributed by atoms with van der Waals surface area (Å²) in [6, 6.07) is 19.6. The summed E-state index contributed by atoms with van der Waals surface area (Å²) >= 11 is 2.06. The molecular weight excluding hydrogens is 435 g/mol. The largest absolute Gasteiger partial charge is 0.207 e. The third-order valence-corrected chi connectivity index (χ3v) is 9.63. The van der Waals surface area contributed by atoms with Crippen molar-refractivity contribution in [3.8, 4) is 11.1 Å². The number of unbranched alkanes of at least 4 members (excludes halogenated alkanes) is 1. The molecule has 0 amide bonds. The molecule has 3 atom stereocenters. The third kappa shape index (κ3) is 5.77. The van der Waals surface area contributed by atoms with Gasteiger partial charge in [0.05, 0.1) is 0 Å². The summed E-state index contributed by atoms with van der Waals surface area (Å²) < 4.78 is 14.4. The topological polar surface area (TPSA) is 0 Å². The van der Waals surface area contributed by atoms with E-state index in [0.29, 0.717) is 5.25 Å². The van der Waals surface area contributed by atoms with Gasteiger partial charge < -0.3 is 0 Å². The zero-order valence-corrected chi connectivity index (χ0v) is 22.3. The van der Waals surface area contributed by atoms with Crippen LogP contribution in [0, 0.1) is 38.4 Å². The van der Waals surface area contributed by atoms with Gasteiger partial charge in [0.25, 0.3) is 0 Å². The van der Waals surface area contributed by atoms with Crippen LogP contribution in [-0.4, -0.2) is 5.25 Å². The molecule has 1 aliphatic rings. The Morgan fingerprint density at radius 2 is 1.59 bits per heavy atom. The SMILES string of the molecule is CCc1ccc(CCCCC2CC(C)C2Sc2cc(-c3cc(C)c(C)c(F)c3)ccc2C)cc1. The highest BCUT2D eigenvalue weighted by Gasteiger charge is 2.38. The lowest BCUT2D eigenvalue weighted by molar-refractivity contribution is 0.209. The summed E-state index contributed by atoms with van der Waals surface area (Å²) in [6.07, 6.45) is 7.58. The van der Waals surface area contributed by atoms with Crippen LogP contribution in [-0.2, 0) is 12.8 Å². The van der Waals surface area contributed by atoms with Gasteiger partial charge in [-0.1, -0.05) is 62.7 Å². The molecule has 2 heteroatoms. The average molecular weight is 475 g/mol. The monoisotopic (exact) mass is 474 g/mol. The number of rotatable bonds is 9. The van der Waals surface area contributed by atoms with Crippen LogP contribution in [0.3, 0.4) is 0 Å². The van der Waals surface area contributed by atoms with Gasteiger partial charge in [0.1, 0.15) is 5.82 Å². The smallest absolute Gasteiger partial charge is 0.126 e. The highest BCUT2D eigenvalue weighted by molar-refractivity contribution is 8.00. The zero-order chi connectivity index (χ0) is 24.2. The fourth-order valence-electron chi connectivity index (χ4n) is 5.22. The quantitative estimate of drug-likeness (QED) is 0.278. The van der Waals surface area contributed by atoms with Crippen LogP contribution in [0.5, 0.6) is 0 Å². The van der Waals surface area contributed by atoms with Crippen molar-refractivity contribution in [2.24, 2.45) is 11.8 Å². The van der Waals surface area contributed by atoms with Gasteiger partial charge in [-0.15, -0.1) is 11.8 Å². The maximum atomic E-state index is 14.4. The molecule has 0 saturated heterocycles. The summed E-state index contributed by atoms with van der Waals surface area (Å²) in [7, 11) is 0. The lowest BCUT2D eigenvalue weighted by atomic mass is 9.73. The maximum Gasteiger partial charge on any atom is 0.126 e. The number of thioether (sulfide) groups is 1. The van der Waals surface area contributed by atoms with E-state index < -0.39 is 0 Å². The van der Waals surface area contributed by atoms with Crippen LogP contribution < -0.4 is 0 Å². The standard InChI is InChI=1S/C32H39FS/c1-6-25-12-14-26(15-13-25)9-7-8-10-28-18-23(4)32(28)34-31-20-27(16-11-21(31)2)29-17-22(3)24(5)30(33)19-29/h11-17,19-20,23,28,32H,6-10,18H2,1-5H3. The Labute approximate surface area is 210 Å². The van der Waals surface area contributed by atoms with Crippen molar-refractivity contribution >= 4 is 11.8 Å². The molecule has 1 aliphatic carbocycles. The summed E-state index contributed by atoms with van der Waals surface area (Å²) in [5.74, 6) is 1.46. The minimum Gasteiger partial charge on any atom is -0.207 e. The van der Waals surface area contributed by atoms with Crippen molar-refractivity contribution < 1.29 is 4.39 Å². The van der Waals surface area contributed by atoms with Crippen LogP contribution in [0.4, 0.5) is 4.39 Å². The van der Waals surface area contributed by atoms with Crippen LogP contribution in [0.25, 0.3) is 11.1 Å². The van der Waals surface area contributed by atoms with Crippen molar-refractivity contribution in [1.29, 1.82) is 0 Å². The molecule has 0 radical (unpaired) electrons. The zero-order valence-electron chi connectivity index (χ0n) is 21.5. The van der Waals surface area contributed by atoms with Gasteiger partial charge in [-0.2, -0.15) is 0 Å². The predicted octanol–water partition coefficient (Wildman–Crippen LogP) is 9.51. The maximum absolute atomic E-state index is 14.4. The lowest BCUT2D eigenvalue weighted by Gasteiger charge is -2.43. The fourth-order valence-corrected chi connectivity index (χ4v) is 6.75. The van der Waals surface area contributed by atoms with Crippen molar-refractivity contribution in [1.82, 2.24) is 0 Å². The highest BCUT2D eigenvalue weighted by Crippen LogP contribution is 2.48. The Morgan fingerprint density at radius 1 is 0.853 bits per heavy atom. The van der Waals surface area contributed by atoms with E-state index in [0.717, 1.165) is 40.5 Å². The Morgan fingerprint density at radius 3 is 2.26 bits per heavy atom. The van der Waals surface area contributed by atoms with Crippen molar-refractivity contribution in [2.45, 2.75) is 83.3 Å². The van der Waals surface area contributed by atoms with E-state index >= 15 is 0 Å². The van der Waals surface area contributed by atoms with E-state index in [-0.39, 0.29) is 5.82 Å². The molecule has 0 bridgehead atoms. The fraction of sp³-hybridized carbons (Fsp3) is 0.438. The molecule has 3 aromatic carbocycles. The first-order chi connectivity index (χ1) is 16.4. The van der Waals surface area contributed by atoms with Crippen LogP contribution in [0.2, 0.25) is 0 Å². The Hall–Kier alpha value is -2.06. The van der Waals surface area contributed by atoms with Gasteiger partial charge >= 0.3 is 0 Å². The molecule has 1 saturated carbocycles. The summed E-state index contributed by atoms with van der Waals surface area (Å²) in [5, 5.41) is 0.689. The molecule has 180 valence electrons. The second-order valence-electron chi connectivity index (χ2n) is 10.4. The van der Waals surface area contributed by atoms with Gasteiger partial charge in [0.2, 0.25) is 0 Å². The average Bonchev–Trinajstić information content (AvgIpc) is 2.83. The van der Waals surface area contributed by atoms with E-state index in [1.165, 1.54) is 53.7 Å². The molecular formula is C32H39FS. The molecule has 34 heavy (non-hydrogen) atoms. The van der Waals surface area contributed by atoms with E-state index in [1.54, 1.807) is 6.07 Å². The van der Waals surface area contributed by atoms with Gasteiger partial charge in [-0.25, -0.2) is 4.39 Å². The van der Waals surface area contributed by atoms with Crippen molar-refractivity contribution in [3.63, 3.8) is 0 Å². The number of aryl methyl sites for hydroxylation is 4. The molecule has 3 aromatic rings. The first-order valence-corrected chi connectivity index (χ1v) is 13.9. The number of halogens is 1. The molecule has 0 aliphatic heterocycles. The van der Waals surface area contributed by atoms with Crippen molar-refractivity contribution in [3.05, 3.63) is 88.2 Å². The molecule has 0 aromatic heterocycles. The Balaban J connectivity index is 1.36. The number of hydrogen-bond acceptors (Lipinski definition) is 1. The second-order valence-corrected chi connectivity index (χ2v) is 11.6. The Bertz CT molecular complexity index is 1090. The first-order valence-electron chi connectivity index (χ1n) is 13.0. The first kappa shape index (κ1) is 25.0. The van der Waals surface area contributed by atoms with Crippen molar-refractivity contribution in [2.75, 3.05) is 0 Å². The Kier molecular flexibility index (Phi) is 8.19. The lowest BCUT2D eigenvalue weighted by Crippen LogP contribution is -2.37. The molecule has 0 spiro atoms. The molecule has 0 heterocycles. The van der Waals surface area contributed by atoms with Crippen LogP contribution in [0.15, 0.2) is 59.5 Å². The number of benzene rings is 3. The van der Waals surface area contributed by atoms with Gasteiger partial charge in [0, 0.05) is 10.1 Å². The molecule has 4 rings (SSSR count). The summed E-state index contributed by atoms with van der Waals surface area (Å²) in [4.78, 5) is 1.36. The highest BCUT2D eigenvalue weighted by atomic mass is 32.2. The van der Waals surface area contributed by atoms with E-state index in [9.17, 15) is 4.39 Å². The molecule has 1 fully saturated rings. The second kappa shape index (κ2) is 11.1. The minimum atomic E-state index is -0.112. The number of hydrogen-bond donors (Lipinski definition) is 0. The van der Waals surface area contributed by atoms with Gasteiger partial charge in [0.15, 0.2) is 0 Å². The minimum absolute atomic E-state index is 0.112.